The quantitative estimate of drug-likeness (QED) is 0.779. The van der Waals surface area contributed by atoms with Gasteiger partial charge in [0.05, 0.1) is 23.4 Å². The normalized spacial score (nSPS) is 29.0. The third-order valence-electron chi connectivity index (χ3n) is 7.50. The summed E-state index contributed by atoms with van der Waals surface area (Å²) in [5.41, 5.74) is 12.8. The Kier molecular flexibility index (Phi) is 4.53. The average Bonchev–Trinajstić information content (AvgIpc) is 3.21. The first-order valence-corrected chi connectivity index (χ1v) is 11.0. The second-order valence-electron chi connectivity index (χ2n) is 9.33. The summed E-state index contributed by atoms with van der Waals surface area (Å²) in [6.45, 7) is 3.99. The van der Waals surface area contributed by atoms with E-state index in [1.807, 2.05) is 26.0 Å². The molecule has 1 aliphatic heterocycles. The number of rotatable bonds is 2. The molecule has 0 saturated heterocycles. The highest BCUT2D eigenvalue weighted by molar-refractivity contribution is 6.41. The van der Waals surface area contributed by atoms with E-state index < -0.39 is 5.66 Å². The molecule has 0 bridgehead atoms. The Morgan fingerprint density at radius 1 is 1.06 bits per heavy atom. The Balaban J connectivity index is 1.65. The predicted molar refractivity (Wildman–Crippen MR) is 123 cm³/mol. The summed E-state index contributed by atoms with van der Waals surface area (Å²) < 4.78 is 5.65. The Bertz CT molecular complexity index is 1140. The van der Waals surface area contributed by atoms with Gasteiger partial charge in [0.15, 0.2) is 5.66 Å². The Labute approximate surface area is 183 Å². The number of aliphatic imine (C=N–C) groups is 2. The first-order chi connectivity index (χ1) is 14.9. The van der Waals surface area contributed by atoms with Gasteiger partial charge in [0.25, 0.3) is 0 Å². The minimum atomic E-state index is -0.646. The van der Waals surface area contributed by atoms with Gasteiger partial charge in [-0.05, 0) is 86.4 Å². The van der Waals surface area contributed by atoms with Crippen LogP contribution in [0, 0.1) is 23.7 Å². The van der Waals surface area contributed by atoms with Crippen LogP contribution in [0.4, 0.5) is 0 Å². The van der Waals surface area contributed by atoms with Crippen LogP contribution in [0.2, 0.25) is 0 Å². The van der Waals surface area contributed by atoms with Crippen LogP contribution in [0.15, 0.2) is 46.4 Å². The van der Waals surface area contributed by atoms with Crippen LogP contribution in [0.3, 0.4) is 0 Å². The van der Waals surface area contributed by atoms with Gasteiger partial charge in [-0.2, -0.15) is 5.26 Å². The van der Waals surface area contributed by atoms with Crippen molar-refractivity contribution in [3.05, 3.63) is 58.7 Å². The average molecular weight is 413 g/mol. The molecule has 3 aliphatic rings. The maximum Gasteiger partial charge on any atom is 0.184 e. The van der Waals surface area contributed by atoms with E-state index in [1.165, 1.54) is 11.1 Å². The highest BCUT2D eigenvalue weighted by Crippen LogP contribution is 2.62. The van der Waals surface area contributed by atoms with E-state index in [4.69, 9.17) is 20.5 Å². The van der Waals surface area contributed by atoms with Crippen LogP contribution in [0.5, 0.6) is 0 Å². The predicted octanol–water partition coefficient (Wildman–Crippen LogP) is 4.65. The molecular formula is C26H28N4O. The van der Waals surface area contributed by atoms with Crippen LogP contribution in [0.1, 0.15) is 54.9 Å². The summed E-state index contributed by atoms with van der Waals surface area (Å²) in [5, 5.41) is 9.41. The minimum Gasteiger partial charge on any atom is -0.382 e. The summed E-state index contributed by atoms with van der Waals surface area (Å²) in [4.78, 5) is 10.2. The molecular weight excluding hydrogens is 384 g/mol. The number of nitrogens with two attached hydrogens (primary N) is 1. The molecule has 2 aromatic carbocycles. The van der Waals surface area contributed by atoms with Crippen molar-refractivity contribution in [2.45, 2.75) is 57.7 Å². The van der Waals surface area contributed by atoms with E-state index in [-0.39, 0.29) is 5.41 Å². The van der Waals surface area contributed by atoms with Crippen molar-refractivity contribution in [3.63, 3.8) is 0 Å². The first-order valence-electron chi connectivity index (χ1n) is 11.0. The standard InChI is InChI=1S/C26H28N4O/c1-16-10-18(15-27)12-21(11-16)19-4-5-20-14-25(8-6-22(31-3)7-9-25)26(23(20)13-19)29-17(2)24(28)30-26/h4-5,10-13,22H,6-9,14H2,1-3H3,(H2,28,30)/t22-,25-,26?. The lowest BCUT2D eigenvalue weighted by Crippen LogP contribution is -2.43. The summed E-state index contributed by atoms with van der Waals surface area (Å²) >= 11 is 0. The molecule has 1 saturated carbocycles. The van der Waals surface area contributed by atoms with E-state index in [1.54, 1.807) is 7.11 Å². The zero-order valence-corrected chi connectivity index (χ0v) is 18.4. The van der Waals surface area contributed by atoms with E-state index in [0.717, 1.165) is 54.5 Å². The number of benzene rings is 2. The maximum atomic E-state index is 9.41. The third-order valence-corrected chi connectivity index (χ3v) is 7.50. The van der Waals surface area contributed by atoms with Crippen molar-refractivity contribution in [1.82, 2.24) is 0 Å². The van der Waals surface area contributed by atoms with Crippen LogP contribution in [-0.2, 0) is 16.8 Å². The second kappa shape index (κ2) is 7.03. The monoisotopic (exact) mass is 412 g/mol. The lowest BCUT2D eigenvalue weighted by molar-refractivity contribution is -0.000372. The fraction of sp³-hybridized carbons (Fsp3) is 0.423. The highest BCUT2D eigenvalue weighted by Gasteiger charge is 2.60. The number of aryl methyl sites for hydroxylation is 1. The molecule has 2 aromatic rings. The van der Waals surface area contributed by atoms with Crippen LogP contribution in [0.25, 0.3) is 11.1 Å². The number of methoxy groups -OCH3 is 1. The van der Waals surface area contributed by atoms with Gasteiger partial charge in [-0.1, -0.05) is 18.2 Å². The highest BCUT2D eigenvalue weighted by atomic mass is 16.5. The van der Waals surface area contributed by atoms with Crippen molar-refractivity contribution in [1.29, 1.82) is 5.26 Å². The number of fused-ring (bicyclic) bond motifs is 3. The van der Waals surface area contributed by atoms with Crippen LogP contribution in [-0.4, -0.2) is 24.8 Å². The third kappa shape index (κ3) is 2.93. The van der Waals surface area contributed by atoms with Gasteiger partial charge in [0, 0.05) is 18.1 Å². The molecule has 5 nitrogen and oxygen atoms in total. The fourth-order valence-corrected chi connectivity index (χ4v) is 5.87. The molecule has 158 valence electrons. The topological polar surface area (TPSA) is 83.8 Å². The summed E-state index contributed by atoms with van der Waals surface area (Å²) in [6.07, 6.45) is 5.35. The van der Waals surface area contributed by atoms with Crippen molar-refractivity contribution < 1.29 is 4.74 Å². The Morgan fingerprint density at radius 3 is 2.48 bits per heavy atom. The molecule has 1 atom stereocenters. The largest absolute Gasteiger partial charge is 0.382 e. The molecule has 31 heavy (non-hydrogen) atoms. The molecule has 5 rings (SSSR count). The molecule has 2 spiro atoms. The maximum absolute atomic E-state index is 9.41. The molecule has 5 heteroatoms. The molecule has 2 aliphatic carbocycles. The van der Waals surface area contributed by atoms with Crippen molar-refractivity contribution in [2.24, 2.45) is 21.1 Å². The fourth-order valence-electron chi connectivity index (χ4n) is 5.87. The molecule has 1 unspecified atom stereocenters. The zero-order valence-electron chi connectivity index (χ0n) is 18.4. The second-order valence-corrected chi connectivity index (χ2v) is 9.33. The Hall–Kier alpha value is -2.97. The minimum absolute atomic E-state index is 0.0597. The lowest BCUT2D eigenvalue weighted by Gasteiger charge is -2.44. The summed E-state index contributed by atoms with van der Waals surface area (Å²) in [6, 6.07) is 14.9. The van der Waals surface area contributed by atoms with Gasteiger partial charge in [-0.15, -0.1) is 0 Å². The van der Waals surface area contributed by atoms with E-state index >= 15 is 0 Å². The van der Waals surface area contributed by atoms with Gasteiger partial charge in [0.2, 0.25) is 0 Å². The van der Waals surface area contributed by atoms with E-state index in [2.05, 4.69) is 30.3 Å². The molecule has 0 amide bonds. The SMILES string of the molecule is CO[C@H]1CC[C@]2(CC1)Cc1ccc(-c3cc(C)cc(C#N)c3)cc1C21N=C(C)C(N)=N1. The van der Waals surface area contributed by atoms with Crippen LogP contribution >= 0.6 is 0 Å². The molecule has 1 fully saturated rings. The van der Waals surface area contributed by atoms with Gasteiger partial charge < -0.3 is 10.5 Å². The molecule has 0 aromatic heterocycles. The summed E-state index contributed by atoms with van der Waals surface area (Å²) in [7, 11) is 1.81. The number of nitriles is 1. The number of ether oxygens (including phenoxy) is 1. The smallest absolute Gasteiger partial charge is 0.184 e. The number of nitrogens with zero attached hydrogens (tertiary/aromatic N) is 3. The zero-order chi connectivity index (χ0) is 21.8. The first kappa shape index (κ1) is 20.0. The van der Waals surface area contributed by atoms with E-state index in [0.29, 0.717) is 17.5 Å². The molecule has 2 N–H and O–H groups in total. The van der Waals surface area contributed by atoms with Crippen molar-refractivity contribution >= 4 is 11.5 Å². The van der Waals surface area contributed by atoms with Gasteiger partial charge in [-0.3, -0.25) is 4.99 Å². The summed E-state index contributed by atoms with van der Waals surface area (Å²) in [5.74, 6) is 0.550. The number of hydrogen-bond donors (Lipinski definition) is 1. The lowest BCUT2D eigenvalue weighted by atomic mass is 9.65. The Morgan fingerprint density at radius 2 is 1.84 bits per heavy atom. The van der Waals surface area contributed by atoms with Crippen molar-refractivity contribution in [2.75, 3.05) is 7.11 Å². The molecule has 0 radical (unpaired) electrons. The molecule has 1 heterocycles. The van der Waals surface area contributed by atoms with Crippen molar-refractivity contribution in [3.8, 4) is 17.2 Å². The van der Waals surface area contributed by atoms with Gasteiger partial charge in [0.1, 0.15) is 5.84 Å². The van der Waals surface area contributed by atoms with Crippen LogP contribution < -0.4 is 5.73 Å². The number of hydrogen-bond acceptors (Lipinski definition) is 5. The number of amidine groups is 1. The van der Waals surface area contributed by atoms with Gasteiger partial charge >= 0.3 is 0 Å². The van der Waals surface area contributed by atoms with E-state index in [9.17, 15) is 5.26 Å². The van der Waals surface area contributed by atoms with Gasteiger partial charge in [-0.25, -0.2) is 4.99 Å².